The zero-order chi connectivity index (χ0) is 21.1. The molecule has 1 aliphatic heterocycles. The highest BCUT2D eigenvalue weighted by Gasteiger charge is 2.20. The van der Waals surface area contributed by atoms with Gasteiger partial charge in [0.25, 0.3) is 0 Å². The monoisotopic (exact) mass is 423 g/mol. The molecule has 1 N–H and O–H groups in total. The summed E-state index contributed by atoms with van der Waals surface area (Å²) in [6.07, 6.45) is 0. The molecule has 0 radical (unpaired) electrons. The van der Waals surface area contributed by atoms with Gasteiger partial charge in [0, 0.05) is 18.8 Å². The number of sulfone groups is 1. The summed E-state index contributed by atoms with van der Waals surface area (Å²) in [5, 5.41) is 9.89. The minimum absolute atomic E-state index is 0.0562. The second kappa shape index (κ2) is 8.50. The number of phenols is 1. The van der Waals surface area contributed by atoms with E-state index in [4.69, 9.17) is 4.74 Å². The topological polar surface area (TPSA) is 66.8 Å². The van der Waals surface area contributed by atoms with Gasteiger partial charge in [-0.2, -0.15) is 0 Å². The van der Waals surface area contributed by atoms with Crippen LogP contribution in [0, 0.1) is 6.92 Å². The van der Waals surface area contributed by atoms with Crippen molar-refractivity contribution in [3.8, 4) is 16.9 Å². The molecule has 3 aromatic rings. The normalized spacial score (nSPS) is 14.6. The highest BCUT2D eigenvalue weighted by atomic mass is 32.2. The minimum Gasteiger partial charge on any atom is -0.508 e. The molecule has 0 aromatic heterocycles. The number of aryl methyl sites for hydroxylation is 1. The Balaban J connectivity index is 1.77. The van der Waals surface area contributed by atoms with Gasteiger partial charge < -0.3 is 14.7 Å². The van der Waals surface area contributed by atoms with Crippen molar-refractivity contribution in [3.63, 3.8) is 0 Å². The molecule has 0 aliphatic carbocycles. The Morgan fingerprint density at radius 2 is 1.67 bits per heavy atom. The fourth-order valence-electron chi connectivity index (χ4n) is 3.61. The van der Waals surface area contributed by atoms with Crippen molar-refractivity contribution >= 4 is 15.5 Å². The number of ether oxygens (including phenoxy) is 1. The second-order valence-corrected chi connectivity index (χ2v) is 9.60. The van der Waals surface area contributed by atoms with Crippen LogP contribution in [0.1, 0.15) is 11.1 Å². The lowest BCUT2D eigenvalue weighted by Crippen LogP contribution is -2.36. The van der Waals surface area contributed by atoms with Crippen molar-refractivity contribution in [3.05, 3.63) is 77.9 Å². The Labute approximate surface area is 177 Å². The van der Waals surface area contributed by atoms with E-state index in [-0.39, 0.29) is 16.4 Å². The number of anilines is 1. The summed E-state index contributed by atoms with van der Waals surface area (Å²) in [4.78, 5) is 2.42. The minimum atomic E-state index is -3.55. The first-order chi connectivity index (χ1) is 14.4. The van der Waals surface area contributed by atoms with Crippen LogP contribution in [0.3, 0.4) is 0 Å². The Hall–Kier alpha value is -2.83. The van der Waals surface area contributed by atoms with Gasteiger partial charge in [-0.05, 0) is 53.9 Å². The van der Waals surface area contributed by atoms with Crippen molar-refractivity contribution in [1.29, 1.82) is 0 Å². The molecule has 1 heterocycles. The molecule has 5 nitrogen and oxygen atoms in total. The molecule has 0 bridgehead atoms. The fraction of sp³-hybridized carbons (Fsp3) is 0.250. The number of hydrogen-bond donors (Lipinski definition) is 1. The third-order valence-corrected chi connectivity index (χ3v) is 6.95. The Bertz CT molecular complexity index is 1130. The van der Waals surface area contributed by atoms with Gasteiger partial charge in [-0.25, -0.2) is 8.42 Å². The van der Waals surface area contributed by atoms with Crippen LogP contribution in [0.25, 0.3) is 11.1 Å². The summed E-state index contributed by atoms with van der Waals surface area (Å²) in [6, 6.07) is 19.9. The maximum Gasteiger partial charge on any atom is 0.182 e. The number of aromatic hydroxyl groups is 1. The maximum absolute atomic E-state index is 13.3. The third-order valence-electron chi connectivity index (χ3n) is 5.28. The van der Waals surface area contributed by atoms with Gasteiger partial charge in [-0.15, -0.1) is 0 Å². The van der Waals surface area contributed by atoms with E-state index in [0.29, 0.717) is 26.3 Å². The van der Waals surface area contributed by atoms with Gasteiger partial charge in [0.15, 0.2) is 9.84 Å². The van der Waals surface area contributed by atoms with E-state index in [0.717, 1.165) is 27.9 Å². The number of phenolic OH excluding ortho intramolecular Hbond substituents is 1. The molecule has 1 aliphatic rings. The Morgan fingerprint density at radius 1 is 0.933 bits per heavy atom. The number of nitrogens with zero attached hydrogens (tertiary/aromatic N) is 1. The molecule has 0 unspecified atom stereocenters. The molecule has 0 saturated carbocycles. The van der Waals surface area contributed by atoms with E-state index >= 15 is 0 Å². The lowest BCUT2D eigenvalue weighted by molar-refractivity contribution is 0.122. The molecule has 0 spiro atoms. The van der Waals surface area contributed by atoms with Gasteiger partial charge in [-0.1, -0.05) is 42.0 Å². The van der Waals surface area contributed by atoms with Crippen LogP contribution in [0.2, 0.25) is 0 Å². The average molecular weight is 424 g/mol. The third kappa shape index (κ3) is 4.66. The highest BCUT2D eigenvalue weighted by molar-refractivity contribution is 7.90. The molecule has 4 rings (SSSR count). The molecule has 0 atom stereocenters. The number of benzene rings is 3. The van der Waals surface area contributed by atoms with Gasteiger partial charge in [0.1, 0.15) is 5.75 Å². The number of morpholine rings is 1. The van der Waals surface area contributed by atoms with E-state index in [2.05, 4.69) is 4.90 Å². The molecule has 156 valence electrons. The summed E-state index contributed by atoms with van der Waals surface area (Å²) < 4.78 is 32.0. The summed E-state index contributed by atoms with van der Waals surface area (Å²) >= 11 is 0. The van der Waals surface area contributed by atoms with Crippen molar-refractivity contribution in [1.82, 2.24) is 0 Å². The van der Waals surface area contributed by atoms with Gasteiger partial charge >= 0.3 is 0 Å². The van der Waals surface area contributed by atoms with E-state index in [1.54, 1.807) is 30.3 Å². The van der Waals surface area contributed by atoms with Crippen LogP contribution >= 0.6 is 0 Å². The molecule has 0 amide bonds. The van der Waals surface area contributed by atoms with Crippen molar-refractivity contribution in [2.24, 2.45) is 0 Å². The molecule has 1 fully saturated rings. The second-order valence-electron chi connectivity index (χ2n) is 7.61. The molecule has 6 heteroatoms. The van der Waals surface area contributed by atoms with Crippen LogP contribution in [-0.4, -0.2) is 39.8 Å². The van der Waals surface area contributed by atoms with Crippen LogP contribution in [0.15, 0.2) is 71.6 Å². The first kappa shape index (κ1) is 20.4. The van der Waals surface area contributed by atoms with Crippen LogP contribution in [-0.2, 0) is 20.3 Å². The summed E-state index contributed by atoms with van der Waals surface area (Å²) in [6.45, 7) is 4.62. The predicted octanol–water partition coefficient (Wildman–Crippen LogP) is 4.18. The van der Waals surface area contributed by atoms with Crippen molar-refractivity contribution in [2.75, 3.05) is 31.2 Å². The largest absolute Gasteiger partial charge is 0.508 e. The fourth-order valence-corrected chi connectivity index (χ4v) is 5.01. The van der Waals surface area contributed by atoms with Gasteiger partial charge in [-0.3, -0.25) is 0 Å². The Kier molecular flexibility index (Phi) is 5.79. The Morgan fingerprint density at radius 3 is 2.37 bits per heavy atom. The lowest BCUT2D eigenvalue weighted by atomic mass is 10.0. The van der Waals surface area contributed by atoms with Crippen LogP contribution in [0.4, 0.5) is 5.69 Å². The first-order valence-corrected chi connectivity index (χ1v) is 11.6. The zero-order valence-corrected chi connectivity index (χ0v) is 17.7. The van der Waals surface area contributed by atoms with Crippen LogP contribution < -0.4 is 4.90 Å². The van der Waals surface area contributed by atoms with E-state index in [1.165, 1.54) is 0 Å². The highest BCUT2D eigenvalue weighted by Crippen LogP contribution is 2.32. The lowest BCUT2D eigenvalue weighted by Gasteiger charge is -2.29. The predicted molar refractivity (Wildman–Crippen MR) is 119 cm³/mol. The van der Waals surface area contributed by atoms with Crippen molar-refractivity contribution in [2.45, 2.75) is 17.6 Å². The molecule has 1 saturated heterocycles. The summed E-state index contributed by atoms with van der Waals surface area (Å²) in [7, 11) is -3.55. The van der Waals surface area contributed by atoms with Gasteiger partial charge in [0.2, 0.25) is 0 Å². The van der Waals surface area contributed by atoms with E-state index < -0.39 is 9.84 Å². The van der Waals surface area contributed by atoms with Gasteiger partial charge in [0.05, 0.1) is 23.9 Å². The molecule has 3 aromatic carbocycles. The zero-order valence-electron chi connectivity index (χ0n) is 16.9. The quantitative estimate of drug-likeness (QED) is 0.667. The SMILES string of the molecule is Cc1ccc(CS(=O)(=O)c2cc(-c3cccc(O)c3)cc(N3CCOCC3)c2)cc1. The first-order valence-electron chi connectivity index (χ1n) is 9.96. The standard InChI is InChI=1S/C24H25NO4S/c1-18-5-7-19(8-6-18)17-30(27,28)24-15-21(20-3-2-4-23(26)14-20)13-22(16-24)25-9-11-29-12-10-25/h2-8,13-16,26H,9-12,17H2,1H3. The van der Waals surface area contributed by atoms with E-state index in [1.807, 2.05) is 43.3 Å². The van der Waals surface area contributed by atoms with Crippen molar-refractivity contribution < 1.29 is 18.3 Å². The average Bonchev–Trinajstić information content (AvgIpc) is 2.75. The van der Waals surface area contributed by atoms with E-state index in [9.17, 15) is 13.5 Å². The summed E-state index contributed by atoms with van der Waals surface area (Å²) in [5.41, 5.74) is 4.24. The molecular formula is C24H25NO4S. The molecule has 30 heavy (non-hydrogen) atoms. The van der Waals surface area contributed by atoms with Crippen LogP contribution in [0.5, 0.6) is 5.75 Å². The number of rotatable bonds is 5. The smallest absolute Gasteiger partial charge is 0.182 e. The summed E-state index contributed by atoms with van der Waals surface area (Å²) in [5.74, 6) is 0.0904. The maximum atomic E-state index is 13.3. The number of hydrogen-bond acceptors (Lipinski definition) is 5. The molecular weight excluding hydrogens is 398 g/mol.